The van der Waals surface area contributed by atoms with Gasteiger partial charge in [-0.2, -0.15) is 13.2 Å². The number of alkyl halides is 3. The Kier molecular flexibility index (Phi) is 6.62. The van der Waals surface area contributed by atoms with Gasteiger partial charge in [0, 0.05) is 18.8 Å². The minimum absolute atomic E-state index is 0.0931. The van der Waals surface area contributed by atoms with Crippen LogP contribution in [0.4, 0.5) is 18.9 Å². The van der Waals surface area contributed by atoms with Crippen molar-refractivity contribution < 1.29 is 23.1 Å². The molecular weight excluding hydrogens is 311 g/mol. The second-order valence-electron chi connectivity index (χ2n) is 4.69. The van der Waals surface area contributed by atoms with Crippen LogP contribution in [0.2, 0.25) is 0 Å². The van der Waals surface area contributed by atoms with Crippen LogP contribution in [0.5, 0.6) is 0 Å². The Hall–Kier alpha value is -2.51. The fourth-order valence-electron chi connectivity index (χ4n) is 2.02. The van der Waals surface area contributed by atoms with Gasteiger partial charge in [0.15, 0.2) is 0 Å². The van der Waals surface area contributed by atoms with Crippen LogP contribution in [0.25, 0.3) is 5.69 Å². The van der Waals surface area contributed by atoms with Crippen molar-refractivity contribution in [3.63, 3.8) is 0 Å². The van der Waals surface area contributed by atoms with Crippen molar-refractivity contribution in [2.24, 2.45) is 0 Å². The Morgan fingerprint density at radius 1 is 1.39 bits per heavy atom. The third kappa shape index (κ3) is 5.01. The highest BCUT2D eigenvalue weighted by Crippen LogP contribution is 2.32. The van der Waals surface area contributed by atoms with Crippen LogP contribution in [-0.2, 0) is 17.4 Å². The molecule has 1 heterocycles. The first-order valence-corrected chi connectivity index (χ1v) is 6.92. The molecule has 0 bridgehead atoms. The highest BCUT2D eigenvalue weighted by atomic mass is 19.4. The zero-order valence-electron chi connectivity index (χ0n) is 12.5. The Bertz CT molecular complexity index is 639. The number of carbonyl (C=O) groups is 1. The third-order valence-corrected chi connectivity index (χ3v) is 3.09. The number of nitrogen functional groups attached to an aromatic ring is 1. The molecule has 0 saturated carbocycles. The fraction of sp³-hybridized carbons (Fsp3) is 0.333. The zero-order chi connectivity index (χ0) is 17.5. The number of anilines is 1. The second kappa shape index (κ2) is 8.21. The number of rotatable bonds is 4. The zero-order valence-corrected chi connectivity index (χ0v) is 12.5. The lowest BCUT2D eigenvalue weighted by atomic mass is 10.1. The number of aryl methyl sites for hydroxylation is 1. The number of benzene rings is 1. The van der Waals surface area contributed by atoms with Gasteiger partial charge in [0.2, 0.25) is 0 Å². The van der Waals surface area contributed by atoms with Gasteiger partial charge < -0.3 is 15.4 Å². The van der Waals surface area contributed by atoms with Crippen LogP contribution in [0.3, 0.4) is 0 Å². The molecule has 0 spiro atoms. The second-order valence-corrected chi connectivity index (χ2v) is 4.69. The molecule has 8 heteroatoms. The molecule has 0 unspecified atom stereocenters. The maximum atomic E-state index is 12.6. The van der Waals surface area contributed by atoms with Crippen molar-refractivity contribution >= 4 is 12.2 Å². The summed E-state index contributed by atoms with van der Waals surface area (Å²) in [4.78, 5) is 12.6. The topological polar surface area (TPSA) is 81.1 Å². The predicted octanol–water partition coefficient (Wildman–Crippen LogP) is 3.52. The van der Waals surface area contributed by atoms with E-state index in [-0.39, 0.29) is 12.2 Å². The minimum atomic E-state index is -4.38. The van der Waals surface area contributed by atoms with Crippen molar-refractivity contribution in [2.75, 3.05) is 5.73 Å². The van der Waals surface area contributed by atoms with E-state index in [4.69, 9.17) is 15.6 Å². The standard InChI is InChI=1S/C14H16F3N3.CH2O2/c1-2-3-4-13-19-7-8-20(13)12-6-5-10(9-11(12)18)14(15,16)17;2-1-3/h5-9H,2-4,18H2,1H3;1H,(H,2,3). The molecule has 0 aliphatic carbocycles. The van der Waals surface area contributed by atoms with Gasteiger partial charge in [-0.1, -0.05) is 13.3 Å². The molecule has 0 atom stereocenters. The normalized spacial score (nSPS) is 10.8. The van der Waals surface area contributed by atoms with Crippen molar-refractivity contribution in [1.82, 2.24) is 9.55 Å². The molecule has 0 aliphatic heterocycles. The molecule has 3 N–H and O–H groups in total. The lowest BCUT2D eigenvalue weighted by Gasteiger charge is -2.13. The van der Waals surface area contributed by atoms with Gasteiger partial charge in [-0.3, -0.25) is 4.79 Å². The van der Waals surface area contributed by atoms with Gasteiger partial charge in [-0.15, -0.1) is 0 Å². The SMILES string of the molecule is CCCCc1nccn1-c1ccc(C(F)(F)F)cc1N.O=CO. The van der Waals surface area contributed by atoms with Gasteiger partial charge in [0.25, 0.3) is 6.47 Å². The third-order valence-electron chi connectivity index (χ3n) is 3.09. The summed E-state index contributed by atoms with van der Waals surface area (Å²) in [5.74, 6) is 0.804. The first-order chi connectivity index (χ1) is 10.8. The monoisotopic (exact) mass is 329 g/mol. The van der Waals surface area contributed by atoms with Gasteiger partial charge >= 0.3 is 6.18 Å². The highest BCUT2D eigenvalue weighted by molar-refractivity contribution is 5.60. The Balaban J connectivity index is 0.000000816. The lowest BCUT2D eigenvalue weighted by molar-refractivity contribution is -0.137. The Morgan fingerprint density at radius 2 is 2.04 bits per heavy atom. The molecule has 0 fully saturated rings. The average molecular weight is 329 g/mol. The van der Waals surface area contributed by atoms with E-state index in [1.165, 1.54) is 6.07 Å². The summed E-state index contributed by atoms with van der Waals surface area (Å²) in [6, 6.07) is 3.38. The lowest BCUT2D eigenvalue weighted by Crippen LogP contribution is -2.09. The number of carboxylic acid groups (broad SMARTS) is 1. The van der Waals surface area contributed by atoms with Crippen LogP contribution in [0, 0.1) is 0 Å². The van der Waals surface area contributed by atoms with E-state index in [0.717, 1.165) is 37.2 Å². The molecule has 126 valence electrons. The molecule has 23 heavy (non-hydrogen) atoms. The van der Waals surface area contributed by atoms with Crippen molar-refractivity contribution in [1.29, 1.82) is 0 Å². The smallest absolute Gasteiger partial charge is 0.416 e. The van der Waals surface area contributed by atoms with Crippen molar-refractivity contribution in [2.45, 2.75) is 32.4 Å². The Morgan fingerprint density at radius 3 is 2.57 bits per heavy atom. The van der Waals surface area contributed by atoms with E-state index in [2.05, 4.69) is 11.9 Å². The van der Waals surface area contributed by atoms with Crippen LogP contribution >= 0.6 is 0 Å². The summed E-state index contributed by atoms with van der Waals surface area (Å²) in [5, 5.41) is 6.89. The van der Waals surface area contributed by atoms with Gasteiger partial charge in [0.05, 0.1) is 16.9 Å². The van der Waals surface area contributed by atoms with E-state index in [1.807, 2.05) is 0 Å². The minimum Gasteiger partial charge on any atom is -0.483 e. The summed E-state index contributed by atoms with van der Waals surface area (Å²) in [6.07, 6.45) is 1.72. The predicted molar refractivity (Wildman–Crippen MR) is 80.3 cm³/mol. The van der Waals surface area contributed by atoms with Gasteiger partial charge in [-0.25, -0.2) is 4.98 Å². The number of nitrogens with zero attached hydrogens (tertiary/aromatic N) is 2. The molecule has 0 saturated heterocycles. The van der Waals surface area contributed by atoms with E-state index in [9.17, 15) is 13.2 Å². The molecule has 0 radical (unpaired) electrons. The largest absolute Gasteiger partial charge is 0.483 e. The average Bonchev–Trinajstić information content (AvgIpc) is 2.93. The number of unbranched alkanes of at least 4 members (excludes halogenated alkanes) is 1. The van der Waals surface area contributed by atoms with E-state index in [1.54, 1.807) is 17.0 Å². The van der Waals surface area contributed by atoms with Crippen molar-refractivity contribution in [3.8, 4) is 5.69 Å². The number of aromatic nitrogens is 2. The number of halogens is 3. The first kappa shape index (κ1) is 18.5. The molecule has 0 aliphatic rings. The highest BCUT2D eigenvalue weighted by Gasteiger charge is 2.30. The molecule has 1 aromatic carbocycles. The van der Waals surface area contributed by atoms with Gasteiger partial charge in [0.1, 0.15) is 5.82 Å². The summed E-state index contributed by atoms with van der Waals surface area (Å²) in [7, 11) is 0. The van der Waals surface area contributed by atoms with Crippen LogP contribution < -0.4 is 5.73 Å². The van der Waals surface area contributed by atoms with Crippen molar-refractivity contribution in [3.05, 3.63) is 42.0 Å². The summed E-state index contributed by atoms with van der Waals surface area (Å²) in [5.41, 5.74) is 5.64. The van der Waals surface area contributed by atoms with Crippen LogP contribution in [-0.4, -0.2) is 21.1 Å². The molecular formula is C15H18F3N3O2. The quantitative estimate of drug-likeness (QED) is 0.664. The van der Waals surface area contributed by atoms with E-state index >= 15 is 0 Å². The molecule has 0 amide bonds. The maximum Gasteiger partial charge on any atom is 0.416 e. The van der Waals surface area contributed by atoms with Crippen LogP contribution in [0.15, 0.2) is 30.6 Å². The Labute approximate surface area is 131 Å². The van der Waals surface area contributed by atoms with E-state index < -0.39 is 11.7 Å². The summed E-state index contributed by atoms with van der Waals surface area (Å²) in [6.45, 7) is 1.82. The van der Waals surface area contributed by atoms with Crippen LogP contribution in [0.1, 0.15) is 31.2 Å². The molecule has 2 aromatic rings. The number of hydrogen-bond donors (Lipinski definition) is 2. The number of imidazole rings is 1. The first-order valence-electron chi connectivity index (χ1n) is 6.92. The number of nitrogens with two attached hydrogens (primary N) is 1. The molecule has 1 aromatic heterocycles. The van der Waals surface area contributed by atoms with E-state index in [0.29, 0.717) is 5.69 Å². The molecule has 2 rings (SSSR count). The molecule has 5 nitrogen and oxygen atoms in total. The number of hydrogen-bond acceptors (Lipinski definition) is 3. The fourth-order valence-corrected chi connectivity index (χ4v) is 2.02. The summed E-state index contributed by atoms with van der Waals surface area (Å²) >= 11 is 0. The maximum absolute atomic E-state index is 12.6. The summed E-state index contributed by atoms with van der Waals surface area (Å²) < 4.78 is 39.6. The van der Waals surface area contributed by atoms with Gasteiger partial charge in [-0.05, 0) is 24.6 Å².